The van der Waals surface area contributed by atoms with Crippen LogP contribution in [-0.2, 0) is 16.6 Å². The van der Waals surface area contributed by atoms with Crippen LogP contribution in [-0.4, -0.2) is 31.9 Å². The molecular formula is C28H33N3O3S. The van der Waals surface area contributed by atoms with E-state index in [1.54, 1.807) is 12.1 Å². The number of primary sulfonamides is 1. The van der Waals surface area contributed by atoms with Gasteiger partial charge in [0.05, 0.1) is 10.9 Å². The molecule has 3 N–H and O–H groups in total. The van der Waals surface area contributed by atoms with E-state index in [4.69, 9.17) is 5.14 Å². The summed E-state index contributed by atoms with van der Waals surface area (Å²) in [5, 5.41) is 8.25. The van der Waals surface area contributed by atoms with E-state index in [-0.39, 0.29) is 28.3 Å². The lowest BCUT2D eigenvalue weighted by atomic mass is 9.73. The summed E-state index contributed by atoms with van der Waals surface area (Å²) < 4.78 is 23.0. The first-order valence-corrected chi connectivity index (χ1v) is 13.9. The van der Waals surface area contributed by atoms with Crippen LogP contribution in [0, 0.1) is 18.3 Å². The molecule has 5 rings (SSSR count). The smallest absolute Gasteiger partial charge is 0.318 e. The number of sulfonamides is 1. The Labute approximate surface area is 208 Å². The number of amides is 2. The first-order valence-electron chi connectivity index (χ1n) is 12.3. The minimum atomic E-state index is -3.73. The van der Waals surface area contributed by atoms with Crippen LogP contribution in [0.15, 0.2) is 71.2 Å². The number of carbonyl (C=O) groups is 1. The van der Waals surface area contributed by atoms with E-state index < -0.39 is 10.0 Å². The highest BCUT2D eigenvalue weighted by Crippen LogP contribution is 2.55. The Hall–Kier alpha value is -2.90. The van der Waals surface area contributed by atoms with Crippen molar-refractivity contribution >= 4 is 21.6 Å². The van der Waals surface area contributed by atoms with Crippen molar-refractivity contribution in [1.29, 1.82) is 0 Å². The fourth-order valence-corrected chi connectivity index (χ4v) is 6.75. The maximum atomic E-state index is 13.4. The Kier molecular flexibility index (Phi) is 6.09. The topological polar surface area (TPSA) is 92.5 Å². The number of rotatable bonds is 4. The highest BCUT2D eigenvalue weighted by atomic mass is 32.2. The standard InChI is InChI=1S/C28H33N3O3S/c1-19-7-3-4-8-24(19)22-15-20(2)26-25(16-22)28(13-5-6-14-28)18-31(26)27(32)30-17-21-9-11-23(12-10-21)35(29,33)34/h3-4,7-12,15-16,20,26H,5-6,13-14,17-18H2,1-2H3,(H,30,32)(H2,29,33,34). The summed E-state index contributed by atoms with van der Waals surface area (Å²) in [6.45, 7) is 5.45. The Morgan fingerprint density at radius 1 is 1.11 bits per heavy atom. The summed E-state index contributed by atoms with van der Waals surface area (Å²) >= 11 is 0. The van der Waals surface area contributed by atoms with Crippen LogP contribution in [0.1, 0.15) is 49.3 Å². The second-order valence-electron chi connectivity index (χ2n) is 10.3. The van der Waals surface area contributed by atoms with Crippen molar-refractivity contribution in [3.63, 3.8) is 0 Å². The highest BCUT2D eigenvalue weighted by molar-refractivity contribution is 7.89. The second kappa shape index (κ2) is 8.95. The van der Waals surface area contributed by atoms with Gasteiger partial charge in [0.25, 0.3) is 0 Å². The Morgan fingerprint density at radius 3 is 2.46 bits per heavy atom. The number of urea groups is 1. The number of nitrogens with two attached hydrogens (primary N) is 1. The van der Waals surface area contributed by atoms with Gasteiger partial charge in [-0.3, -0.25) is 0 Å². The number of nitrogens with one attached hydrogen (secondary N) is 1. The molecule has 1 saturated carbocycles. The van der Waals surface area contributed by atoms with Crippen molar-refractivity contribution in [3.8, 4) is 0 Å². The quantitative estimate of drug-likeness (QED) is 0.646. The van der Waals surface area contributed by atoms with Crippen molar-refractivity contribution < 1.29 is 13.2 Å². The van der Waals surface area contributed by atoms with Crippen molar-refractivity contribution in [2.24, 2.45) is 16.5 Å². The van der Waals surface area contributed by atoms with Gasteiger partial charge in [-0.15, -0.1) is 0 Å². The lowest BCUT2D eigenvalue weighted by Gasteiger charge is -2.33. The van der Waals surface area contributed by atoms with Crippen LogP contribution in [0.5, 0.6) is 0 Å². The van der Waals surface area contributed by atoms with Crippen LogP contribution in [0.4, 0.5) is 4.79 Å². The van der Waals surface area contributed by atoms with E-state index in [9.17, 15) is 13.2 Å². The van der Waals surface area contributed by atoms with Crippen molar-refractivity contribution in [2.45, 2.75) is 57.0 Å². The fraction of sp³-hybridized carbons (Fsp3) is 0.393. The Morgan fingerprint density at radius 2 is 1.80 bits per heavy atom. The van der Waals surface area contributed by atoms with Crippen LogP contribution in [0.3, 0.4) is 0 Å². The summed E-state index contributed by atoms with van der Waals surface area (Å²) in [4.78, 5) is 15.5. The van der Waals surface area contributed by atoms with Crippen LogP contribution >= 0.6 is 0 Å². The van der Waals surface area contributed by atoms with Crippen molar-refractivity contribution in [3.05, 3.63) is 82.9 Å². The summed E-state index contributed by atoms with van der Waals surface area (Å²) in [5.41, 5.74) is 6.11. The first kappa shape index (κ1) is 23.8. The van der Waals surface area contributed by atoms with Gasteiger partial charge in [0.15, 0.2) is 0 Å². The van der Waals surface area contributed by atoms with Gasteiger partial charge in [0, 0.05) is 18.5 Å². The molecule has 6 nitrogen and oxygen atoms in total. The van der Waals surface area contributed by atoms with Gasteiger partial charge in [-0.1, -0.05) is 68.3 Å². The molecule has 1 spiro atoms. The third-order valence-corrected chi connectivity index (χ3v) is 8.89. The number of hydrogen-bond acceptors (Lipinski definition) is 3. The van der Waals surface area contributed by atoms with E-state index in [0.29, 0.717) is 6.54 Å². The predicted octanol–water partition coefficient (Wildman–Crippen LogP) is 4.76. The van der Waals surface area contributed by atoms with E-state index in [1.807, 2.05) is 4.90 Å². The SMILES string of the molecule is Cc1ccccc1C1=CC(C)C2C(=C1)C1(CCCC1)CN2C(=O)NCc1ccc(S(N)(=O)=O)cc1. The average molecular weight is 492 g/mol. The van der Waals surface area contributed by atoms with Crippen molar-refractivity contribution in [2.75, 3.05) is 6.54 Å². The molecule has 2 amide bonds. The monoisotopic (exact) mass is 491 g/mol. The molecule has 1 heterocycles. The molecule has 2 aromatic rings. The molecule has 0 bridgehead atoms. The van der Waals surface area contributed by atoms with Gasteiger partial charge in [-0.25, -0.2) is 18.4 Å². The third-order valence-electron chi connectivity index (χ3n) is 7.96. The molecule has 184 valence electrons. The van der Waals surface area contributed by atoms with Crippen LogP contribution < -0.4 is 10.5 Å². The molecule has 2 atom stereocenters. The van der Waals surface area contributed by atoms with E-state index in [0.717, 1.165) is 24.9 Å². The number of fused-ring (bicyclic) bond motifs is 2. The minimum absolute atomic E-state index is 0.0608. The van der Waals surface area contributed by atoms with Crippen LogP contribution in [0.2, 0.25) is 0 Å². The lowest BCUT2D eigenvalue weighted by Crippen LogP contribution is -2.45. The molecule has 1 saturated heterocycles. The number of carbonyl (C=O) groups excluding carboxylic acids is 1. The number of benzene rings is 2. The van der Waals surface area contributed by atoms with Gasteiger partial charge in [0.1, 0.15) is 0 Å². The van der Waals surface area contributed by atoms with Gasteiger partial charge in [0.2, 0.25) is 10.0 Å². The molecule has 2 aliphatic carbocycles. The second-order valence-corrected chi connectivity index (χ2v) is 11.9. The third kappa shape index (κ3) is 4.43. The zero-order chi connectivity index (χ0) is 24.8. The molecule has 0 aromatic heterocycles. The largest absolute Gasteiger partial charge is 0.334 e. The molecule has 2 fully saturated rings. The molecule has 2 unspecified atom stereocenters. The molecule has 3 aliphatic rings. The van der Waals surface area contributed by atoms with Gasteiger partial charge in [-0.05, 0) is 65.7 Å². The van der Waals surface area contributed by atoms with E-state index in [1.165, 1.54) is 47.2 Å². The zero-order valence-electron chi connectivity index (χ0n) is 20.3. The summed E-state index contributed by atoms with van der Waals surface area (Å²) in [6, 6.07) is 14.8. The molecule has 1 aliphatic heterocycles. The van der Waals surface area contributed by atoms with Gasteiger partial charge >= 0.3 is 6.03 Å². The minimum Gasteiger partial charge on any atom is -0.334 e. The number of allylic oxidation sites excluding steroid dienone is 2. The fourth-order valence-electron chi connectivity index (χ4n) is 6.23. The molecule has 2 aromatic carbocycles. The maximum Gasteiger partial charge on any atom is 0.318 e. The van der Waals surface area contributed by atoms with Crippen molar-refractivity contribution in [1.82, 2.24) is 10.2 Å². The number of likely N-dealkylation sites (tertiary alicyclic amines) is 1. The average Bonchev–Trinajstić information content (AvgIpc) is 3.43. The predicted molar refractivity (Wildman–Crippen MR) is 138 cm³/mol. The highest BCUT2D eigenvalue weighted by Gasteiger charge is 2.53. The Balaban J connectivity index is 1.38. The van der Waals surface area contributed by atoms with Gasteiger partial charge < -0.3 is 10.2 Å². The molecular weight excluding hydrogens is 458 g/mol. The number of nitrogens with zero attached hydrogens (tertiary/aromatic N) is 1. The first-order chi connectivity index (χ1) is 16.7. The lowest BCUT2D eigenvalue weighted by molar-refractivity contribution is 0.180. The summed E-state index contributed by atoms with van der Waals surface area (Å²) in [6.07, 6.45) is 9.35. The Bertz CT molecular complexity index is 1310. The molecule has 35 heavy (non-hydrogen) atoms. The summed E-state index contributed by atoms with van der Waals surface area (Å²) in [5.74, 6) is 0.212. The van der Waals surface area contributed by atoms with E-state index in [2.05, 4.69) is 55.6 Å². The summed E-state index contributed by atoms with van der Waals surface area (Å²) in [7, 11) is -3.73. The molecule has 0 radical (unpaired) electrons. The maximum absolute atomic E-state index is 13.4. The van der Waals surface area contributed by atoms with Crippen LogP contribution in [0.25, 0.3) is 5.57 Å². The zero-order valence-corrected chi connectivity index (χ0v) is 21.1. The van der Waals surface area contributed by atoms with Gasteiger partial charge in [-0.2, -0.15) is 0 Å². The number of hydrogen-bond donors (Lipinski definition) is 2. The number of aryl methyl sites for hydroxylation is 1. The molecule has 7 heteroatoms. The van der Waals surface area contributed by atoms with E-state index >= 15 is 0 Å². The normalized spacial score (nSPS) is 23.1.